The molecule has 0 atom stereocenters. The normalized spacial score (nSPS) is 15.2. The van der Waals surface area contributed by atoms with Crippen LogP contribution in [0.15, 0.2) is 47.4 Å². The van der Waals surface area contributed by atoms with E-state index in [9.17, 15) is 9.18 Å². The number of hydrogen-bond acceptors (Lipinski definition) is 5. The Morgan fingerprint density at radius 3 is 2.58 bits per heavy atom. The van der Waals surface area contributed by atoms with Crippen LogP contribution in [-0.2, 0) is 11.4 Å². The minimum Gasteiger partial charge on any atom is -0.490 e. The Hall–Kier alpha value is -2.38. The van der Waals surface area contributed by atoms with Crippen molar-refractivity contribution in [2.75, 3.05) is 6.61 Å². The first-order valence-electron chi connectivity index (χ1n) is 7.94. The molecule has 0 radical (unpaired) electrons. The Morgan fingerprint density at radius 1 is 1.15 bits per heavy atom. The van der Waals surface area contributed by atoms with Crippen molar-refractivity contribution >= 4 is 40.3 Å². The first kappa shape index (κ1) is 18.4. The molecule has 1 aliphatic rings. The highest BCUT2D eigenvalue weighted by Gasteiger charge is 2.22. The Labute approximate surface area is 160 Å². The molecule has 1 aliphatic heterocycles. The van der Waals surface area contributed by atoms with Crippen molar-refractivity contribution in [2.24, 2.45) is 0 Å². The molecular weight excluding hydrogens is 373 g/mol. The quantitative estimate of drug-likeness (QED) is 0.590. The van der Waals surface area contributed by atoms with Gasteiger partial charge in [0.15, 0.2) is 11.5 Å². The van der Waals surface area contributed by atoms with Gasteiger partial charge in [0.05, 0.1) is 11.5 Å². The summed E-state index contributed by atoms with van der Waals surface area (Å²) < 4.78 is 24.9. The van der Waals surface area contributed by atoms with Crippen LogP contribution in [0.4, 0.5) is 4.39 Å². The van der Waals surface area contributed by atoms with Gasteiger partial charge in [-0.3, -0.25) is 4.79 Å². The second-order valence-electron chi connectivity index (χ2n) is 5.41. The molecule has 4 nitrogen and oxygen atoms in total. The van der Waals surface area contributed by atoms with Gasteiger partial charge in [-0.05, 0) is 48.4 Å². The Bertz CT molecular complexity index is 866. The molecule has 0 aromatic heterocycles. The fourth-order valence-electron chi connectivity index (χ4n) is 2.32. The highest BCUT2D eigenvalue weighted by Crippen LogP contribution is 2.32. The van der Waals surface area contributed by atoms with Crippen LogP contribution >= 0.6 is 24.0 Å². The van der Waals surface area contributed by atoms with Crippen molar-refractivity contribution in [3.8, 4) is 11.5 Å². The highest BCUT2D eigenvalue weighted by atomic mass is 32.2. The van der Waals surface area contributed by atoms with E-state index in [1.54, 1.807) is 24.3 Å². The molecule has 2 aromatic rings. The lowest BCUT2D eigenvalue weighted by molar-refractivity contribution is -0.115. The molecule has 2 aromatic carbocycles. The van der Waals surface area contributed by atoms with Crippen molar-refractivity contribution in [1.82, 2.24) is 5.32 Å². The minimum atomic E-state index is -0.283. The summed E-state index contributed by atoms with van der Waals surface area (Å²) in [6.45, 7) is 2.66. The number of carbonyl (C=O) groups excluding carboxylic acids is 1. The first-order valence-corrected chi connectivity index (χ1v) is 9.16. The summed E-state index contributed by atoms with van der Waals surface area (Å²) in [5, 5.41) is 2.59. The Kier molecular flexibility index (Phi) is 5.90. The lowest BCUT2D eigenvalue weighted by atomic mass is 10.2. The molecule has 0 saturated carbocycles. The van der Waals surface area contributed by atoms with E-state index in [4.69, 9.17) is 21.7 Å². The molecular formula is C19H16FNO3S2. The van der Waals surface area contributed by atoms with E-state index in [-0.39, 0.29) is 11.7 Å². The fourth-order valence-corrected chi connectivity index (χ4v) is 3.36. The van der Waals surface area contributed by atoms with Crippen LogP contribution in [0.1, 0.15) is 18.1 Å². The van der Waals surface area contributed by atoms with Crippen molar-refractivity contribution in [1.29, 1.82) is 0 Å². The number of hydrogen-bond donors (Lipinski definition) is 1. The summed E-state index contributed by atoms with van der Waals surface area (Å²) in [5.74, 6) is 0.677. The Balaban J connectivity index is 1.78. The third-order valence-corrected chi connectivity index (χ3v) is 4.68. The van der Waals surface area contributed by atoms with E-state index < -0.39 is 0 Å². The minimum absolute atomic E-state index is 0.199. The zero-order valence-electron chi connectivity index (χ0n) is 14.0. The van der Waals surface area contributed by atoms with E-state index in [1.807, 2.05) is 19.1 Å². The molecule has 1 amide bonds. The van der Waals surface area contributed by atoms with Gasteiger partial charge in [0.25, 0.3) is 5.91 Å². The van der Waals surface area contributed by atoms with E-state index in [1.165, 1.54) is 23.9 Å². The van der Waals surface area contributed by atoms with Crippen LogP contribution in [0.2, 0.25) is 0 Å². The molecule has 1 fully saturated rings. The first-order chi connectivity index (χ1) is 12.5. The van der Waals surface area contributed by atoms with Gasteiger partial charge in [0.1, 0.15) is 16.7 Å². The van der Waals surface area contributed by atoms with Crippen molar-refractivity contribution < 1.29 is 18.7 Å². The topological polar surface area (TPSA) is 47.6 Å². The molecule has 0 bridgehead atoms. The van der Waals surface area contributed by atoms with Crippen molar-refractivity contribution in [3.63, 3.8) is 0 Å². The van der Waals surface area contributed by atoms with Gasteiger partial charge < -0.3 is 14.8 Å². The molecule has 0 spiro atoms. The highest BCUT2D eigenvalue weighted by molar-refractivity contribution is 8.26. The molecule has 134 valence electrons. The lowest BCUT2D eigenvalue weighted by Gasteiger charge is -2.13. The van der Waals surface area contributed by atoms with Crippen molar-refractivity contribution in [3.05, 3.63) is 64.3 Å². The monoisotopic (exact) mass is 389 g/mol. The van der Waals surface area contributed by atoms with Crippen LogP contribution in [-0.4, -0.2) is 16.8 Å². The summed E-state index contributed by atoms with van der Waals surface area (Å²) in [6, 6.07) is 11.6. The van der Waals surface area contributed by atoms with E-state index in [0.29, 0.717) is 33.9 Å². The maximum absolute atomic E-state index is 13.0. The summed E-state index contributed by atoms with van der Waals surface area (Å²) >= 11 is 6.22. The predicted molar refractivity (Wildman–Crippen MR) is 105 cm³/mol. The number of nitrogens with one attached hydrogen (secondary N) is 1. The predicted octanol–water partition coefficient (Wildman–Crippen LogP) is 4.29. The van der Waals surface area contributed by atoms with Gasteiger partial charge in [-0.25, -0.2) is 4.39 Å². The molecule has 1 N–H and O–H groups in total. The average molecular weight is 389 g/mol. The average Bonchev–Trinajstić information content (AvgIpc) is 2.93. The van der Waals surface area contributed by atoms with Gasteiger partial charge in [-0.1, -0.05) is 42.2 Å². The molecule has 26 heavy (non-hydrogen) atoms. The van der Waals surface area contributed by atoms with Gasteiger partial charge >= 0.3 is 0 Å². The number of amides is 1. The smallest absolute Gasteiger partial charge is 0.263 e. The standard InChI is InChI=1S/C19H16FNO3S2/c1-2-23-16-9-13(10-17-18(22)21-19(25)26-17)5-8-15(16)24-11-12-3-6-14(20)7-4-12/h3-10H,2,11H2,1H3,(H,21,22,25)/b17-10-. The van der Waals surface area contributed by atoms with Crippen LogP contribution < -0.4 is 14.8 Å². The molecule has 3 rings (SSSR count). The molecule has 0 unspecified atom stereocenters. The van der Waals surface area contributed by atoms with Gasteiger partial charge in [0.2, 0.25) is 0 Å². The lowest BCUT2D eigenvalue weighted by Crippen LogP contribution is -2.17. The fraction of sp³-hybridized carbons (Fsp3) is 0.158. The van der Waals surface area contributed by atoms with E-state index in [0.717, 1.165) is 11.1 Å². The maximum atomic E-state index is 13.0. The van der Waals surface area contributed by atoms with Gasteiger partial charge in [-0.2, -0.15) is 0 Å². The van der Waals surface area contributed by atoms with Crippen LogP contribution in [0.25, 0.3) is 6.08 Å². The maximum Gasteiger partial charge on any atom is 0.263 e. The number of carbonyl (C=O) groups is 1. The zero-order chi connectivity index (χ0) is 18.5. The summed E-state index contributed by atoms with van der Waals surface area (Å²) in [6.07, 6.45) is 1.76. The van der Waals surface area contributed by atoms with E-state index >= 15 is 0 Å². The number of halogens is 1. The van der Waals surface area contributed by atoms with Crippen LogP contribution in [0, 0.1) is 5.82 Å². The zero-order valence-corrected chi connectivity index (χ0v) is 15.6. The molecule has 1 heterocycles. The third-order valence-electron chi connectivity index (χ3n) is 3.52. The largest absolute Gasteiger partial charge is 0.490 e. The number of thioether (sulfide) groups is 1. The number of thiocarbonyl (C=S) groups is 1. The number of rotatable bonds is 6. The summed E-state index contributed by atoms with van der Waals surface area (Å²) in [4.78, 5) is 12.3. The summed E-state index contributed by atoms with van der Waals surface area (Å²) in [7, 11) is 0. The van der Waals surface area contributed by atoms with E-state index in [2.05, 4.69) is 5.32 Å². The molecule has 7 heteroatoms. The number of ether oxygens (including phenoxy) is 2. The Morgan fingerprint density at radius 2 is 1.92 bits per heavy atom. The second-order valence-corrected chi connectivity index (χ2v) is 7.13. The van der Waals surface area contributed by atoms with Gasteiger partial charge in [-0.15, -0.1) is 0 Å². The third kappa shape index (κ3) is 4.62. The van der Waals surface area contributed by atoms with Crippen LogP contribution in [0.3, 0.4) is 0 Å². The van der Waals surface area contributed by atoms with Gasteiger partial charge in [0, 0.05) is 0 Å². The molecule has 1 saturated heterocycles. The second kappa shape index (κ2) is 8.33. The summed E-state index contributed by atoms with van der Waals surface area (Å²) in [5.41, 5.74) is 1.66. The molecule has 0 aliphatic carbocycles. The SMILES string of the molecule is CCOc1cc(/C=C2\SC(=S)NC2=O)ccc1OCc1ccc(F)cc1. The van der Waals surface area contributed by atoms with Crippen molar-refractivity contribution in [2.45, 2.75) is 13.5 Å². The van der Waals surface area contributed by atoms with Crippen LogP contribution in [0.5, 0.6) is 11.5 Å². The number of benzene rings is 2.